The molecule has 3 amide bonds. The lowest BCUT2D eigenvalue weighted by Gasteiger charge is -2.27. The molecular formula is C23H27N7O6S. The highest BCUT2D eigenvalue weighted by molar-refractivity contribution is 7.15. The molecule has 0 fully saturated rings. The van der Waals surface area contributed by atoms with Crippen LogP contribution < -0.4 is 30.3 Å². The maximum Gasteiger partial charge on any atom is 0.325 e. The van der Waals surface area contributed by atoms with Crippen LogP contribution in [0.1, 0.15) is 20.9 Å². The highest BCUT2D eigenvalue weighted by Gasteiger charge is 2.24. The minimum Gasteiger partial charge on any atom is -0.481 e. The quantitative estimate of drug-likeness (QED) is 0.272. The number of anilines is 3. The van der Waals surface area contributed by atoms with Crippen molar-refractivity contribution in [2.75, 3.05) is 49.5 Å². The molecule has 0 atom stereocenters. The van der Waals surface area contributed by atoms with Gasteiger partial charge in [0.1, 0.15) is 5.82 Å². The summed E-state index contributed by atoms with van der Waals surface area (Å²) in [5.74, 6) is 0.523. The van der Waals surface area contributed by atoms with Crippen LogP contribution in [0.25, 0.3) is 0 Å². The molecule has 0 spiro atoms. The van der Waals surface area contributed by atoms with Gasteiger partial charge in [-0.25, -0.2) is 9.78 Å². The van der Waals surface area contributed by atoms with Gasteiger partial charge in [0, 0.05) is 23.9 Å². The second-order valence-corrected chi connectivity index (χ2v) is 9.06. The number of nitrogens with zero attached hydrogens (tertiary/aromatic N) is 4. The Hall–Kier alpha value is -4.01. The molecule has 3 heterocycles. The van der Waals surface area contributed by atoms with Crippen LogP contribution in [-0.4, -0.2) is 77.1 Å². The molecule has 0 radical (unpaired) electrons. The van der Waals surface area contributed by atoms with Crippen molar-refractivity contribution >= 4 is 39.9 Å². The number of carbonyl (C=O) groups is 2. The van der Waals surface area contributed by atoms with E-state index in [4.69, 9.17) is 9.47 Å². The van der Waals surface area contributed by atoms with Crippen LogP contribution in [0.15, 0.2) is 30.3 Å². The first-order valence-electron chi connectivity index (χ1n) is 11.3. The van der Waals surface area contributed by atoms with Gasteiger partial charge in [0.25, 0.3) is 5.91 Å². The van der Waals surface area contributed by atoms with Crippen molar-refractivity contribution < 1.29 is 29.3 Å². The van der Waals surface area contributed by atoms with E-state index in [1.165, 1.54) is 31.6 Å². The summed E-state index contributed by atoms with van der Waals surface area (Å²) in [6.07, 6.45) is 0.656. The first-order chi connectivity index (χ1) is 17.9. The normalized spacial score (nSPS) is 12.6. The first kappa shape index (κ1) is 26.1. The second kappa shape index (κ2) is 11.8. The van der Waals surface area contributed by atoms with Crippen LogP contribution in [0.2, 0.25) is 0 Å². The van der Waals surface area contributed by atoms with Crippen molar-refractivity contribution in [3.05, 3.63) is 46.5 Å². The fraction of sp³-hybridized carbons (Fsp3) is 0.348. The zero-order valence-electron chi connectivity index (χ0n) is 20.2. The maximum absolute atomic E-state index is 12.7. The average Bonchev–Trinajstić information content (AvgIpc) is 3.32. The third-order valence-corrected chi connectivity index (χ3v) is 6.53. The van der Waals surface area contributed by atoms with E-state index in [-0.39, 0.29) is 17.3 Å². The second-order valence-electron chi connectivity index (χ2n) is 7.98. The van der Waals surface area contributed by atoms with Gasteiger partial charge in [-0.3, -0.25) is 10.1 Å². The summed E-state index contributed by atoms with van der Waals surface area (Å²) in [4.78, 5) is 41.4. The fourth-order valence-electron chi connectivity index (χ4n) is 3.65. The number of nitrogens with one attached hydrogen (secondary N) is 3. The highest BCUT2D eigenvalue weighted by Crippen LogP contribution is 2.31. The molecule has 196 valence electrons. The molecule has 5 N–H and O–H groups in total. The third kappa shape index (κ3) is 6.22. The van der Waals surface area contributed by atoms with Gasteiger partial charge in [0.2, 0.25) is 5.88 Å². The predicted molar refractivity (Wildman–Crippen MR) is 137 cm³/mol. The SMILES string of the molecule is COc1cc(N2CCc3nc(NC(=O)Nc4ccccc4C(=O)NC(CO)CO)sc3C2)nc(OC)n1. The van der Waals surface area contributed by atoms with E-state index < -0.39 is 31.2 Å². The standard InChI is InChI=1S/C23H27N7O6S/c1-35-19-9-18(27-22(28-19)36-2)30-8-7-16-17(10-30)37-23(26-16)29-21(34)25-15-6-4-3-5-14(15)20(33)24-13(11-31)12-32/h3-6,9,13,31-32H,7-8,10-12H2,1-2H3,(H,24,33)(H2,25,26,29,34). The Kier molecular flexibility index (Phi) is 8.32. The van der Waals surface area contributed by atoms with Crippen molar-refractivity contribution in [2.45, 2.75) is 19.0 Å². The molecule has 3 aromatic rings. The van der Waals surface area contributed by atoms with Gasteiger partial charge in [-0.1, -0.05) is 23.5 Å². The summed E-state index contributed by atoms with van der Waals surface area (Å²) in [6.45, 7) is 0.377. The van der Waals surface area contributed by atoms with E-state index in [9.17, 15) is 19.8 Å². The fourth-order valence-corrected chi connectivity index (χ4v) is 4.67. The van der Waals surface area contributed by atoms with Crippen LogP contribution in [0.5, 0.6) is 11.9 Å². The van der Waals surface area contributed by atoms with Crippen LogP contribution in [0.3, 0.4) is 0 Å². The molecule has 0 bridgehead atoms. The number of hydrogen-bond acceptors (Lipinski definition) is 11. The summed E-state index contributed by atoms with van der Waals surface area (Å²) >= 11 is 1.35. The number of ether oxygens (including phenoxy) is 2. The van der Waals surface area contributed by atoms with Crippen molar-refractivity contribution in [3.8, 4) is 11.9 Å². The number of hydrogen-bond donors (Lipinski definition) is 5. The Bertz CT molecular complexity index is 1240. The van der Waals surface area contributed by atoms with Crippen LogP contribution in [0.4, 0.5) is 21.4 Å². The third-order valence-electron chi connectivity index (χ3n) is 5.53. The molecule has 1 aliphatic rings. The largest absolute Gasteiger partial charge is 0.481 e. The van der Waals surface area contributed by atoms with E-state index in [1.807, 2.05) is 0 Å². The van der Waals surface area contributed by atoms with Gasteiger partial charge in [0.15, 0.2) is 5.13 Å². The summed E-state index contributed by atoms with van der Waals surface area (Å²) in [5.41, 5.74) is 1.35. The predicted octanol–water partition coefficient (Wildman–Crippen LogP) is 1.24. The Balaban J connectivity index is 1.43. The molecule has 0 saturated heterocycles. The van der Waals surface area contributed by atoms with Gasteiger partial charge in [-0.15, -0.1) is 0 Å². The molecule has 4 rings (SSSR count). The number of aliphatic hydroxyl groups excluding tert-OH is 2. The molecular weight excluding hydrogens is 502 g/mol. The molecule has 0 unspecified atom stereocenters. The van der Waals surface area contributed by atoms with Crippen molar-refractivity contribution in [1.82, 2.24) is 20.3 Å². The zero-order valence-corrected chi connectivity index (χ0v) is 21.0. The summed E-state index contributed by atoms with van der Waals surface area (Å²) < 4.78 is 10.4. The van der Waals surface area contributed by atoms with E-state index >= 15 is 0 Å². The van der Waals surface area contributed by atoms with Crippen molar-refractivity contribution in [1.29, 1.82) is 0 Å². The number of benzene rings is 1. The Morgan fingerprint density at radius 2 is 1.89 bits per heavy atom. The lowest BCUT2D eigenvalue weighted by Crippen LogP contribution is -2.40. The number of rotatable bonds is 9. The van der Waals surface area contributed by atoms with Gasteiger partial charge < -0.3 is 35.2 Å². The smallest absolute Gasteiger partial charge is 0.325 e. The van der Waals surface area contributed by atoms with Crippen molar-refractivity contribution in [2.24, 2.45) is 0 Å². The van der Waals surface area contributed by atoms with E-state index in [1.54, 1.807) is 24.3 Å². The van der Waals surface area contributed by atoms with Gasteiger partial charge in [-0.2, -0.15) is 9.97 Å². The average molecular weight is 530 g/mol. The molecule has 1 aliphatic heterocycles. The number of fused-ring (bicyclic) bond motifs is 1. The number of carbonyl (C=O) groups excluding carboxylic acids is 2. The molecule has 0 saturated carbocycles. The Morgan fingerprint density at radius 1 is 1.11 bits per heavy atom. The van der Waals surface area contributed by atoms with E-state index in [0.717, 1.165) is 10.6 Å². The molecule has 2 aromatic heterocycles. The van der Waals surface area contributed by atoms with E-state index in [2.05, 4.69) is 35.8 Å². The van der Waals surface area contributed by atoms with Crippen LogP contribution in [-0.2, 0) is 13.0 Å². The maximum atomic E-state index is 12.7. The molecule has 0 aliphatic carbocycles. The lowest BCUT2D eigenvalue weighted by molar-refractivity contribution is 0.0880. The van der Waals surface area contributed by atoms with Gasteiger partial charge in [-0.05, 0) is 12.1 Å². The van der Waals surface area contributed by atoms with Gasteiger partial charge in [0.05, 0.1) is 57.0 Å². The zero-order chi connectivity index (χ0) is 26.4. The lowest BCUT2D eigenvalue weighted by atomic mass is 10.1. The van der Waals surface area contributed by atoms with Crippen LogP contribution >= 0.6 is 11.3 Å². The monoisotopic (exact) mass is 529 g/mol. The minimum absolute atomic E-state index is 0.189. The number of amides is 3. The number of urea groups is 1. The molecule has 1 aromatic carbocycles. The number of aliphatic hydroxyl groups is 2. The first-order valence-corrected chi connectivity index (χ1v) is 12.2. The highest BCUT2D eigenvalue weighted by atomic mass is 32.1. The van der Waals surface area contributed by atoms with E-state index in [0.29, 0.717) is 36.3 Å². The summed E-state index contributed by atoms with van der Waals surface area (Å²) in [7, 11) is 3.02. The number of para-hydroxylation sites is 1. The number of methoxy groups -OCH3 is 2. The topological polar surface area (TPSA) is 171 Å². The molecule has 37 heavy (non-hydrogen) atoms. The minimum atomic E-state index is -0.805. The molecule has 14 heteroatoms. The van der Waals surface area contributed by atoms with Gasteiger partial charge >= 0.3 is 12.0 Å². The van der Waals surface area contributed by atoms with Crippen molar-refractivity contribution in [3.63, 3.8) is 0 Å². The number of thiazole rings is 1. The van der Waals surface area contributed by atoms with Crippen LogP contribution in [0, 0.1) is 0 Å². The Morgan fingerprint density at radius 3 is 2.62 bits per heavy atom. The summed E-state index contributed by atoms with van der Waals surface area (Å²) in [5, 5.41) is 26.8. The molecule has 13 nitrogen and oxygen atoms in total. The Labute approximate surface area is 216 Å². The number of aromatic nitrogens is 3. The summed E-state index contributed by atoms with van der Waals surface area (Å²) in [6, 6.07) is 7.01.